The molecule has 3 N–H and O–H groups in total. The Morgan fingerprint density at radius 3 is 0.664 bits per heavy atom. The first-order chi connectivity index (χ1) is 51.7. The second kappa shape index (κ2) is 76.7. The predicted octanol–water partition coefficient (Wildman–Crippen LogP) is 26.7. The van der Waals surface area contributed by atoms with Gasteiger partial charge in [-0.25, -0.2) is 9.13 Å². The van der Waals surface area contributed by atoms with E-state index in [0.717, 1.165) is 114 Å². The first kappa shape index (κ1) is 105. The van der Waals surface area contributed by atoms with Gasteiger partial charge >= 0.3 is 39.5 Å². The minimum absolute atomic E-state index is 0.107. The molecule has 0 aromatic heterocycles. The molecule has 0 heterocycles. The van der Waals surface area contributed by atoms with E-state index in [1.54, 1.807) is 0 Å². The molecule has 0 fully saturated rings. The van der Waals surface area contributed by atoms with Crippen molar-refractivity contribution in [3.8, 4) is 0 Å². The number of carbonyl (C=O) groups is 4. The van der Waals surface area contributed by atoms with Crippen LogP contribution in [0.3, 0.4) is 0 Å². The van der Waals surface area contributed by atoms with E-state index in [1.807, 2.05) is 0 Å². The fourth-order valence-corrected chi connectivity index (χ4v) is 15.2. The van der Waals surface area contributed by atoms with Crippen LogP contribution < -0.4 is 0 Å². The minimum atomic E-state index is -4.97. The van der Waals surface area contributed by atoms with E-state index in [2.05, 4.69) is 55.4 Å². The number of unbranched alkanes of at least 4 members (excludes halogenated alkanes) is 49. The van der Waals surface area contributed by atoms with Crippen LogP contribution in [0.25, 0.3) is 0 Å². The van der Waals surface area contributed by atoms with Crippen molar-refractivity contribution in [3.05, 3.63) is 0 Å². The smallest absolute Gasteiger partial charge is 0.462 e. The number of carbonyl (C=O) groups excluding carboxylic acids is 4. The standard InChI is InChI=1S/C88H172O17P2/c1-9-80(7)66-58-50-42-34-28-22-17-19-24-30-36-44-52-60-68-85(90)98-74-83(104-87(92)71-63-55-46-38-32-26-20-18-23-29-35-43-51-59-67-81(8)10-2)76-102-106(94,95)100-72-82(89)73-101-107(96,97)103-77-84(75-99-86(91)69-61-53-47-39-41-49-57-65-79(5)6)105-88(93)70-62-54-45-37-31-25-16-14-12-11-13-15-21-27-33-40-48-56-64-78(3)4/h78-84,89H,9-77H2,1-8H3,(H,94,95)(H,96,97)/t80?,81?,82?,83-,84-/m1/s1. The van der Waals surface area contributed by atoms with Gasteiger partial charge in [0.25, 0.3) is 0 Å². The lowest BCUT2D eigenvalue weighted by Gasteiger charge is -2.21. The Hall–Kier alpha value is -1.94. The summed E-state index contributed by atoms with van der Waals surface area (Å²) in [6, 6.07) is 0. The molecule has 0 amide bonds. The van der Waals surface area contributed by atoms with Gasteiger partial charge in [0.15, 0.2) is 12.2 Å². The third kappa shape index (κ3) is 79.1. The van der Waals surface area contributed by atoms with Gasteiger partial charge in [-0.1, -0.05) is 409 Å². The largest absolute Gasteiger partial charge is 0.472 e. The minimum Gasteiger partial charge on any atom is -0.462 e. The second-order valence-electron chi connectivity index (χ2n) is 33.1. The fraction of sp³-hybridized carbons (Fsp3) is 0.955. The zero-order valence-electron chi connectivity index (χ0n) is 70.8. The summed E-state index contributed by atoms with van der Waals surface area (Å²) in [6.45, 7) is 14.4. The van der Waals surface area contributed by atoms with E-state index in [-0.39, 0.29) is 25.7 Å². The number of esters is 4. The number of phosphoric ester groups is 2. The van der Waals surface area contributed by atoms with Gasteiger partial charge in [-0.2, -0.15) is 0 Å². The lowest BCUT2D eigenvalue weighted by molar-refractivity contribution is -0.161. The molecular formula is C88H172O17P2. The zero-order chi connectivity index (χ0) is 78.8. The summed E-state index contributed by atoms with van der Waals surface area (Å²) in [7, 11) is -9.93. The van der Waals surface area contributed by atoms with E-state index in [9.17, 15) is 43.2 Å². The van der Waals surface area contributed by atoms with Gasteiger partial charge in [-0.3, -0.25) is 37.3 Å². The first-order valence-corrected chi connectivity index (χ1v) is 48.3. The summed E-state index contributed by atoms with van der Waals surface area (Å²) in [5.74, 6) is 1.12. The molecule has 0 rings (SSSR count). The van der Waals surface area contributed by atoms with Gasteiger partial charge < -0.3 is 33.8 Å². The van der Waals surface area contributed by atoms with Crippen LogP contribution in [0.2, 0.25) is 0 Å². The monoisotopic (exact) mass is 1560 g/mol. The van der Waals surface area contributed by atoms with E-state index < -0.39 is 97.5 Å². The average molecular weight is 1560 g/mol. The predicted molar refractivity (Wildman–Crippen MR) is 441 cm³/mol. The zero-order valence-corrected chi connectivity index (χ0v) is 72.6. The van der Waals surface area contributed by atoms with Gasteiger partial charge in [0.1, 0.15) is 19.3 Å². The highest BCUT2D eigenvalue weighted by atomic mass is 31.2. The maximum Gasteiger partial charge on any atom is 0.472 e. The van der Waals surface area contributed by atoms with E-state index in [0.29, 0.717) is 31.6 Å². The molecule has 0 saturated heterocycles. The lowest BCUT2D eigenvalue weighted by atomic mass is 9.99. The molecule has 0 aliphatic heterocycles. The summed E-state index contributed by atoms with van der Waals surface area (Å²) < 4.78 is 68.9. The Balaban J connectivity index is 5.22. The Kier molecular flexibility index (Phi) is 75.3. The molecule has 0 radical (unpaired) electrons. The Bertz CT molecular complexity index is 2080. The van der Waals surface area contributed by atoms with Crippen molar-refractivity contribution in [3.63, 3.8) is 0 Å². The van der Waals surface area contributed by atoms with E-state index in [4.69, 9.17) is 37.0 Å². The van der Waals surface area contributed by atoms with Crippen LogP contribution in [0.1, 0.15) is 460 Å². The average Bonchev–Trinajstić information content (AvgIpc) is 0.901. The van der Waals surface area contributed by atoms with Crippen LogP contribution >= 0.6 is 15.6 Å². The maximum atomic E-state index is 13.2. The normalized spacial score (nSPS) is 14.4. The molecule has 0 aliphatic carbocycles. The second-order valence-corrected chi connectivity index (χ2v) is 36.0. The molecule has 0 aromatic rings. The van der Waals surface area contributed by atoms with Crippen LogP contribution in [-0.2, 0) is 65.4 Å². The van der Waals surface area contributed by atoms with Crippen molar-refractivity contribution in [2.45, 2.75) is 478 Å². The lowest BCUT2D eigenvalue weighted by Crippen LogP contribution is -2.30. The van der Waals surface area contributed by atoms with Crippen molar-refractivity contribution in [2.24, 2.45) is 23.7 Å². The van der Waals surface area contributed by atoms with Crippen molar-refractivity contribution in [2.75, 3.05) is 39.6 Å². The van der Waals surface area contributed by atoms with Gasteiger partial charge in [-0.05, 0) is 49.4 Å². The van der Waals surface area contributed by atoms with Gasteiger partial charge in [0.2, 0.25) is 0 Å². The molecule has 0 saturated carbocycles. The van der Waals surface area contributed by atoms with E-state index in [1.165, 1.54) is 257 Å². The highest BCUT2D eigenvalue weighted by Crippen LogP contribution is 2.45. The molecule has 0 bridgehead atoms. The van der Waals surface area contributed by atoms with Crippen LogP contribution in [0.15, 0.2) is 0 Å². The first-order valence-electron chi connectivity index (χ1n) is 45.3. The topological polar surface area (TPSA) is 237 Å². The maximum absolute atomic E-state index is 13.2. The van der Waals surface area contributed by atoms with Crippen molar-refractivity contribution in [1.82, 2.24) is 0 Å². The summed E-state index contributed by atoms with van der Waals surface area (Å²) >= 11 is 0. The molecular weight excluding hydrogens is 1390 g/mol. The summed E-state index contributed by atoms with van der Waals surface area (Å²) in [5.41, 5.74) is 0. The summed E-state index contributed by atoms with van der Waals surface area (Å²) in [4.78, 5) is 73.3. The number of phosphoric acid groups is 2. The third-order valence-electron chi connectivity index (χ3n) is 21.3. The molecule has 636 valence electrons. The SMILES string of the molecule is CCC(C)CCCCCCCCCCCCCCCCC(=O)OC[C@H](COP(=O)(O)OCC(O)COP(=O)(O)OC[C@@H](COC(=O)CCCCCCCCCC(C)C)OC(=O)CCCCCCCCCCCCCCCCCCCCC(C)C)OC(=O)CCCCCCCCCCCCCCCCC(C)CC. The molecule has 0 aliphatic rings. The van der Waals surface area contributed by atoms with Crippen molar-refractivity contribution >= 4 is 39.5 Å². The molecule has 107 heavy (non-hydrogen) atoms. The van der Waals surface area contributed by atoms with Crippen molar-refractivity contribution in [1.29, 1.82) is 0 Å². The molecule has 0 aromatic carbocycles. The molecule has 17 nitrogen and oxygen atoms in total. The number of ether oxygens (including phenoxy) is 4. The number of hydrogen-bond acceptors (Lipinski definition) is 15. The molecule has 19 heteroatoms. The van der Waals surface area contributed by atoms with Gasteiger partial charge in [0, 0.05) is 25.7 Å². The number of aliphatic hydroxyl groups excluding tert-OH is 1. The van der Waals surface area contributed by atoms with Crippen LogP contribution in [0, 0.1) is 23.7 Å². The number of rotatable bonds is 85. The highest BCUT2D eigenvalue weighted by Gasteiger charge is 2.31. The van der Waals surface area contributed by atoms with Crippen LogP contribution in [0.5, 0.6) is 0 Å². The fourth-order valence-electron chi connectivity index (χ4n) is 13.6. The highest BCUT2D eigenvalue weighted by molar-refractivity contribution is 7.47. The quantitative estimate of drug-likeness (QED) is 0.0222. The molecule has 7 atom stereocenters. The van der Waals surface area contributed by atoms with Crippen molar-refractivity contribution < 1.29 is 80.2 Å². The summed E-state index contributed by atoms with van der Waals surface area (Å²) in [6.07, 6.45) is 66.6. The van der Waals surface area contributed by atoms with Crippen LogP contribution in [-0.4, -0.2) is 96.7 Å². The molecule has 5 unspecified atom stereocenters. The Morgan fingerprint density at radius 2 is 0.449 bits per heavy atom. The Labute approximate surface area is 658 Å². The molecule has 0 spiro atoms. The number of aliphatic hydroxyl groups is 1. The summed E-state index contributed by atoms with van der Waals surface area (Å²) in [5, 5.41) is 10.7. The number of hydrogen-bond donors (Lipinski definition) is 3. The third-order valence-corrected chi connectivity index (χ3v) is 23.2. The van der Waals surface area contributed by atoms with Crippen LogP contribution in [0.4, 0.5) is 0 Å². The van der Waals surface area contributed by atoms with E-state index >= 15 is 0 Å². The van der Waals surface area contributed by atoms with Gasteiger partial charge in [-0.15, -0.1) is 0 Å². The Morgan fingerprint density at radius 1 is 0.262 bits per heavy atom. The van der Waals surface area contributed by atoms with Gasteiger partial charge in [0.05, 0.1) is 26.4 Å².